The molecule has 18 heavy (non-hydrogen) atoms. The summed E-state index contributed by atoms with van der Waals surface area (Å²) in [5.41, 5.74) is 6.16. The fourth-order valence-corrected chi connectivity index (χ4v) is 1.55. The molecule has 0 spiro atoms. The first kappa shape index (κ1) is 14.4. The minimum absolute atomic E-state index is 0.0165. The van der Waals surface area contributed by atoms with Crippen molar-refractivity contribution >= 4 is 17.4 Å². The molecule has 100 valence electrons. The highest BCUT2D eigenvalue weighted by atomic mass is 16.1. The Kier molecular flexibility index (Phi) is 5.58. The Morgan fingerprint density at radius 3 is 2.72 bits per heavy atom. The molecule has 0 saturated carbocycles. The Morgan fingerprint density at radius 2 is 2.22 bits per heavy atom. The molecule has 1 amide bonds. The SMILES string of the molecule is CC(CCCN)C(=O)Nc1ccc(N(C)C)nc1. The summed E-state index contributed by atoms with van der Waals surface area (Å²) in [6, 6.07) is 3.73. The largest absolute Gasteiger partial charge is 0.363 e. The highest BCUT2D eigenvalue weighted by Crippen LogP contribution is 2.14. The lowest BCUT2D eigenvalue weighted by Gasteiger charge is -2.13. The van der Waals surface area contributed by atoms with Crippen LogP contribution < -0.4 is 16.0 Å². The maximum Gasteiger partial charge on any atom is 0.227 e. The van der Waals surface area contributed by atoms with Crippen LogP contribution in [0.15, 0.2) is 18.3 Å². The molecule has 0 aromatic carbocycles. The van der Waals surface area contributed by atoms with Gasteiger partial charge in [-0.25, -0.2) is 4.98 Å². The number of carbonyl (C=O) groups is 1. The van der Waals surface area contributed by atoms with Gasteiger partial charge in [-0.05, 0) is 31.5 Å². The molecule has 0 fully saturated rings. The maximum atomic E-state index is 11.8. The summed E-state index contributed by atoms with van der Waals surface area (Å²) in [5.74, 6) is 0.856. The molecule has 0 aliphatic carbocycles. The number of aromatic nitrogens is 1. The zero-order valence-electron chi connectivity index (χ0n) is 11.3. The van der Waals surface area contributed by atoms with E-state index in [1.165, 1.54) is 0 Å². The average molecular weight is 250 g/mol. The van der Waals surface area contributed by atoms with Gasteiger partial charge in [0.25, 0.3) is 0 Å². The molecular weight excluding hydrogens is 228 g/mol. The van der Waals surface area contributed by atoms with Crippen LogP contribution in [0.5, 0.6) is 0 Å². The van der Waals surface area contributed by atoms with Gasteiger partial charge in [-0.2, -0.15) is 0 Å². The van der Waals surface area contributed by atoms with Gasteiger partial charge >= 0.3 is 0 Å². The van der Waals surface area contributed by atoms with Crippen molar-refractivity contribution in [3.8, 4) is 0 Å². The molecule has 1 unspecified atom stereocenters. The summed E-state index contributed by atoms with van der Waals surface area (Å²) in [5, 5.41) is 2.86. The fraction of sp³-hybridized carbons (Fsp3) is 0.538. The summed E-state index contributed by atoms with van der Waals surface area (Å²) in [6.45, 7) is 2.53. The Labute approximate surface area is 108 Å². The highest BCUT2D eigenvalue weighted by molar-refractivity contribution is 5.92. The normalized spacial score (nSPS) is 12.0. The number of carbonyl (C=O) groups excluding carboxylic acids is 1. The first-order valence-electron chi connectivity index (χ1n) is 6.19. The van der Waals surface area contributed by atoms with Crippen LogP contribution in [0.3, 0.4) is 0 Å². The Morgan fingerprint density at radius 1 is 1.50 bits per heavy atom. The van der Waals surface area contributed by atoms with Gasteiger partial charge < -0.3 is 16.0 Å². The van der Waals surface area contributed by atoms with Gasteiger partial charge in [-0.3, -0.25) is 4.79 Å². The summed E-state index contributed by atoms with van der Waals surface area (Å²) in [7, 11) is 3.85. The van der Waals surface area contributed by atoms with E-state index < -0.39 is 0 Å². The van der Waals surface area contributed by atoms with Crippen LogP contribution in [0.25, 0.3) is 0 Å². The third kappa shape index (κ3) is 4.33. The minimum Gasteiger partial charge on any atom is -0.363 e. The zero-order valence-corrected chi connectivity index (χ0v) is 11.3. The number of pyridine rings is 1. The summed E-state index contributed by atoms with van der Waals surface area (Å²) >= 11 is 0. The lowest BCUT2D eigenvalue weighted by molar-refractivity contribution is -0.119. The molecule has 1 aromatic heterocycles. The van der Waals surface area contributed by atoms with E-state index in [2.05, 4.69) is 10.3 Å². The van der Waals surface area contributed by atoms with E-state index in [-0.39, 0.29) is 11.8 Å². The molecule has 1 aromatic rings. The van der Waals surface area contributed by atoms with Crippen LogP contribution >= 0.6 is 0 Å². The second kappa shape index (κ2) is 6.96. The Bertz CT molecular complexity index is 375. The third-order valence-electron chi connectivity index (χ3n) is 2.76. The lowest BCUT2D eigenvalue weighted by Crippen LogP contribution is -2.21. The van der Waals surface area contributed by atoms with E-state index in [0.29, 0.717) is 6.54 Å². The molecule has 5 nitrogen and oxygen atoms in total. The van der Waals surface area contributed by atoms with E-state index in [0.717, 1.165) is 24.3 Å². The molecule has 0 aliphatic heterocycles. The van der Waals surface area contributed by atoms with Crippen molar-refractivity contribution in [2.75, 3.05) is 30.9 Å². The van der Waals surface area contributed by atoms with Crippen LogP contribution in [0.2, 0.25) is 0 Å². The molecule has 1 heterocycles. The van der Waals surface area contributed by atoms with Crippen molar-refractivity contribution in [1.82, 2.24) is 4.98 Å². The van der Waals surface area contributed by atoms with E-state index >= 15 is 0 Å². The first-order chi connectivity index (χ1) is 8.54. The van der Waals surface area contributed by atoms with Crippen LogP contribution in [-0.4, -0.2) is 31.5 Å². The molecule has 3 N–H and O–H groups in total. The molecule has 0 bridgehead atoms. The minimum atomic E-state index is -0.0259. The van der Waals surface area contributed by atoms with Gasteiger partial charge in [0, 0.05) is 20.0 Å². The van der Waals surface area contributed by atoms with Crippen molar-refractivity contribution in [2.24, 2.45) is 11.7 Å². The number of nitrogens with one attached hydrogen (secondary N) is 1. The molecule has 0 aliphatic rings. The summed E-state index contributed by atoms with van der Waals surface area (Å²) in [6.07, 6.45) is 3.35. The lowest BCUT2D eigenvalue weighted by atomic mass is 10.0. The van der Waals surface area contributed by atoms with Crippen LogP contribution in [0.1, 0.15) is 19.8 Å². The Balaban J connectivity index is 2.53. The van der Waals surface area contributed by atoms with E-state index in [9.17, 15) is 4.79 Å². The number of nitrogens with two attached hydrogens (primary N) is 1. The first-order valence-corrected chi connectivity index (χ1v) is 6.19. The second-order valence-corrected chi connectivity index (χ2v) is 4.62. The standard InChI is InChI=1S/C13H22N4O/c1-10(5-4-8-14)13(18)16-11-6-7-12(15-9-11)17(2)3/h6-7,9-10H,4-5,8,14H2,1-3H3,(H,16,18). The topological polar surface area (TPSA) is 71.2 Å². The Hall–Kier alpha value is -1.62. The quantitative estimate of drug-likeness (QED) is 0.802. The van der Waals surface area contributed by atoms with Crippen LogP contribution in [0.4, 0.5) is 11.5 Å². The van der Waals surface area contributed by atoms with Crippen LogP contribution in [0, 0.1) is 5.92 Å². The number of amides is 1. The predicted octanol–water partition coefficient (Wildman–Crippen LogP) is 1.46. The molecule has 5 heteroatoms. The molecule has 1 rings (SSSR count). The maximum absolute atomic E-state index is 11.8. The summed E-state index contributed by atoms with van der Waals surface area (Å²) < 4.78 is 0. The van der Waals surface area contributed by atoms with Gasteiger partial charge in [0.15, 0.2) is 0 Å². The zero-order chi connectivity index (χ0) is 13.5. The molecule has 0 saturated heterocycles. The van der Waals surface area contributed by atoms with Gasteiger partial charge in [0.1, 0.15) is 5.82 Å². The fourth-order valence-electron chi connectivity index (χ4n) is 1.55. The number of hydrogen-bond acceptors (Lipinski definition) is 4. The monoisotopic (exact) mass is 250 g/mol. The van der Waals surface area contributed by atoms with Crippen molar-refractivity contribution in [2.45, 2.75) is 19.8 Å². The molecular formula is C13H22N4O. The average Bonchev–Trinajstić information content (AvgIpc) is 2.36. The second-order valence-electron chi connectivity index (χ2n) is 4.62. The van der Waals surface area contributed by atoms with E-state index in [1.54, 1.807) is 6.20 Å². The van der Waals surface area contributed by atoms with Crippen molar-refractivity contribution in [1.29, 1.82) is 0 Å². The van der Waals surface area contributed by atoms with Crippen molar-refractivity contribution in [3.05, 3.63) is 18.3 Å². The highest BCUT2D eigenvalue weighted by Gasteiger charge is 2.12. The molecule has 1 atom stereocenters. The van der Waals surface area contributed by atoms with Gasteiger partial charge in [0.2, 0.25) is 5.91 Å². The van der Waals surface area contributed by atoms with Gasteiger partial charge in [-0.15, -0.1) is 0 Å². The van der Waals surface area contributed by atoms with Gasteiger partial charge in [-0.1, -0.05) is 6.92 Å². The number of hydrogen-bond donors (Lipinski definition) is 2. The van der Waals surface area contributed by atoms with Crippen molar-refractivity contribution in [3.63, 3.8) is 0 Å². The van der Waals surface area contributed by atoms with Crippen molar-refractivity contribution < 1.29 is 4.79 Å². The smallest absolute Gasteiger partial charge is 0.227 e. The number of anilines is 2. The third-order valence-corrected chi connectivity index (χ3v) is 2.76. The predicted molar refractivity (Wildman–Crippen MR) is 74.6 cm³/mol. The number of nitrogens with zero attached hydrogens (tertiary/aromatic N) is 2. The van der Waals surface area contributed by atoms with Gasteiger partial charge in [0.05, 0.1) is 11.9 Å². The number of rotatable bonds is 6. The summed E-state index contributed by atoms with van der Waals surface area (Å²) in [4.78, 5) is 18.0. The molecule has 0 radical (unpaired) electrons. The van der Waals surface area contributed by atoms with E-state index in [1.807, 2.05) is 38.1 Å². The van der Waals surface area contributed by atoms with Crippen LogP contribution in [-0.2, 0) is 4.79 Å². The van der Waals surface area contributed by atoms with E-state index in [4.69, 9.17) is 5.73 Å².